The number of aliphatic hydroxyl groups is 2. The monoisotopic (exact) mass is 226 g/mol. The Labute approximate surface area is 91.5 Å². The van der Waals surface area contributed by atoms with Crippen molar-refractivity contribution in [3.63, 3.8) is 0 Å². The highest BCUT2D eigenvalue weighted by Gasteiger charge is 2.13. The molecule has 2 aromatic rings. The van der Waals surface area contributed by atoms with Crippen LogP contribution in [0.2, 0.25) is 0 Å². The lowest BCUT2D eigenvalue weighted by Crippen LogP contribution is -2.42. The quantitative estimate of drug-likeness (QED) is 0.546. The molecule has 0 bridgehead atoms. The molecule has 4 N–H and O–H groups in total. The maximum absolute atomic E-state index is 8.95. The fourth-order valence-electron chi connectivity index (χ4n) is 1.59. The van der Waals surface area contributed by atoms with Gasteiger partial charge in [-0.05, 0) is 0 Å². The van der Waals surface area contributed by atoms with Gasteiger partial charge in [-0.1, -0.05) is 0 Å². The first-order valence-corrected chi connectivity index (χ1v) is 4.91. The van der Waals surface area contributed by atoms with Gasteiger partial charge in [0.05, 0.1) is 32.5 Å². The van der Waals surface area contributed by atoms with E-state index < -0.39 is 0 Å². The van der Waals surface area contributed by atoms with E-state index in [-0.39, 0.29) is 13.2 Å². The van der Waals surface area contributed by atoms with Gasteiger partial charge in [0.2, 0.25) is 5.95 Å². The Morgan fingerprint density at radius 1 is 1.31 bits per heavy atom. The Bertz CT molecular complexity index is 458. The number of rotatable bonds is 5. The number of aliphatic hydroxyl groups excluding tert-OH is 2. The Hall–Kier alpha value is -1.80. The lowest BCUT2D eigenvalue weighted by atomic mass is 10.6. The molecule has 0 aromatic carbocycles. The van der Waals surface area contributed by atoms with Gasteiger partial charge in [0.25, 0.3) is 0 Å². The molecule has 16 heavy (non-hydrogen) atoms. The molecule has 0 fully saturated rings. The number of nitrogen functional groups attached to an aromatic ring is 1. The second-order valence-corrected chi connectivity index (χ2v) is 3.26. The third kappa shape index (κ3) is 1.68. The third-order valence-electron chi connectivity index (χ3n) is 2.22. The molecular formula is C8H14N6O2. The molecule has 8 nitrogen and oxygen atoms in total. The highest BCUT2D eigenvalue weighted by molar-refractivity contribution is 5.40. The van der Waals surface area contributed by atoms with Crippen molar-refractivity contribution in [2.75, 3.05) is 37.0 Å². The summed E-state index contributed by atoms with van der Waals surface area (Å²) in [5.41, 5.74) is 6.38. The summed E-state index contributed by atoms with van der Waals surface area (Å²) in [5.74, 6) is 0.291. The molecule has 2 heterocycles. The smallest absolute Gasteiger partial charge is 0.237 e. The Morgan fingerprint density at radius 3 is 2.62 bits per heavy atom. The number of aromatic nitrogens is 4. The second kappa shape index (κ2) is 4.37. The summed E-state index contributed by atoms with van der Waals surface area (Å²) in [5, 5.41) is 19.6. The molecule has 0 unspecified atom stereocenters. The van der Waals surface area contributed by atoms with Crippen LogP contribution < -0.4 is 10.7 Å². The summed E-state index contributed by atoms with van der Waals surface area (Å²) in [7, 11) is 0. The van der Waals surface area contributed by atoms with E-state index in [2.05, 4.69) is 9.97 Å². The largest absolute Gasteiger partial charge is 0.394 e. The van der Waals surface area contributed by atoms with Crippen LogP contribution in [-0.4, -0.2) is 55.8 Å². The van der Waals surface area contributed by atoms with Crippen molar-refractivity contribution in [3.8, 4) is 0 Å². The molecule has 0 saturated heterocycles. The van der Waals surface area contributed by atoms with Crippen molar-refractivity contribution in [3.05, 3.63) is 12.5 Å². The minimum atomic E-state index is -0.0339. The van der Waals surface area contributed by atoms with E-state index in [0.29, 0.717) is 24.7 Å². The van der Waals surface area contributed by atoms with Crippen LogP contribution in [0.3, 0.4) is 0 Å². The van der Waals surface area contributed by atoms with Gasteiger partial charge in [-0.3, -0.25) is 5.01 Å². The molecule has 0 aliphatic heterocycles. The molecule has 0 aliphatic rings. The molecule has 0 saturated carbocycles. The molecule has 0 radical (unpaired) electrons. The zero-order chi connectivity index (χ0) is 11.5. The van der Waals surface area contributed by atoms with Gasteiger partial charge in [-0.2, -0.15) is 9.77 Å². The van der Waals surface area contributed by atoms with E-state index in [1.807, 2.05) is 0 Å². The number of nitrogens with zero attached hydrogens (tertiary/aromatic N) is 5. The van der Waals surface area contributed by atoms with Crippen molar-refractivity contribution >= 4 is 11.6 Å². The fraction of sp³-hybridized carbons (Fsp3) is 0.500. The molecule has 0 aliphatic carbocycles. The van der Waals surface area contributed by atoms with Gasteiger partial charge in [-0.15, -0.1) is 0 Å². The van der Waals surface area contributed by atoms with E-state index >= 15 is 0 Å². The first-order valence-electron chi connectivity index (χ1n) is 4.91. The average molecular weight is 226 g/mol. The standard InChI is InChI=1S/C8H14N6O2/c9-8-11-7-5-10-6-13(7)14(8)12(1-3-15)2-4-16/h5-6,15-16H,1-4H2,(H2,9,11). The summed E-state index contributed by atoms with van der Waals surface area (Å²) in [6.07, 6.45) is 3.16. The van der Waals surface area contributed by atoms with Crippen LogP contribution in [0, 0.1) is 0 Å². The zero-order valence-electron chi connectivity index (χ0n) is 8.69. The van der Waals surface area contributed by atoms with Gasteiger partial charge in [0, 0.05) is 0 Å². The van der Waals surface area contributed by atoms with E-state index in [1.165, 1.54) is 0 Å². The molecule has 0 atom stereocenters. The maximum atomic E-state index is 8.95. The van der Waals surface area contributed by atoms with E-state index in [9.17, 15) is 0 Å². The maximum Gasteiger partial charge on any atom is 0.237 e. The summed E-state index contributed by atoms with van der Waals surface area (Å²) in [6.45, 7) is 0.643. The summed E-state index contributed by atoms with van der Waals surface area (Å²) < 4.78 is 1.65. The van der Waals surface area contributed by atoms with Crippen LogP contribution in [0.1, 0.15) is 0 Å². The van der Waals surface area contributed by atoms with Crippen LogP contribution in [0.4, 0.5) is 5.95 Å². The van der Waals surface area contributed by atoms with Crippen molar-refractivity contribution in [1.82, 2.24) is 19.3 Å². The highest BCUT2D eigenvalue weighted by atomic mass is 16.3. The van der Waals surface area contributed by atoms with Crippen LogP contribution >= 0.6 is 0 Å². The Balaban J connectivity index is 2.41. The number of fused-ring (bicyclic) bond motifs is 1. The van der Waals surface area contributed by atoms with Crippen LogP contribution in [0.5, 0.6) is 0 Å². The van der Waals surface area contributed by atoms with Crippen LogP contribution in [0.25, 0.3) is 5.65 Å². The SMILES string of the molecule is Nc1nc2cncn2n1N(CCO)CCO. The average Bonchev–Trinajstić information content (AvgIpc) is 2.77. The van der Waals surface area contributed by atoms with Gasteiger partial charge in [0.1, 0.15) is 6.33 Å². The topological polar surface area (TPSA) is 105 Å². The summed E-state index contributed by atoms with van der Waals surface area (Å²) in [6, 6.07) is 0. The summed E-state index contributed by atoms with van der Waals surface area (Å²) >= 11 is 0. The number of anilines is 1. The lowest BCUT2D eigenvalue weighted by Gasteiger charge is -2.24. The van der Waals surface area contributed by atoms with Gasteiger partial charge in [-0.25, -0.2) is 9.50 Å². The lowest BCUT2D eigenvalue weighted by molar-refractivity contribution is 0.260. The minimum absolute atomic E-state index is 0.0339. The van der Waals surface area contributed by atoms with E-state index in [1.54, 1.807) is 26.8 Å². The molecule has 0 spiro atoms. The summed E-state index contributed by atoms with van der Waals surface area (Å²) in [4.78, 5) is 9.61. The molecule has 2 aromatic heterocycles. The van der Waals surface area contributed by atoms with Gasteiger partial charge in [0.15, 0.2) is 5.65 Å². The fourth-order valence-corrected chi connectivity index (χ4v) is 1.59. The highest BCUT2D eigenvalue weighted by Crippen LogP contribution is 2.07. The van der Waals surface area contributed by atoms with E-state index in [0.717, 1.165) is 0 Å². The normalized spacial score (nSPS) is 11.1. The van der Waals surface area contributed by atoms with Crippen molar-refractivity contribution in [2.24, 2.45) is 0 Å². The molecule has 0 amide bonds. The predicted octanol–water partition coefficient (Wildman–Crippen LogP) is -1.96. The first-order chi connectivity index (χ1) is 7.77. The van der Waals surface area contributed by atoms with E-state index in [4.69, 9.17) is 15.9 Å². The third-order valence-corrected chi connectivity index (χ3v) is 2.22. The zero-order valence-corrected chi connectivity index (χ0v) is 8.69. The van der Waals surface area contributed by atoms with Gasteiger partial charge < -0.3 is 15.9 Å². The first kappa shape index (κ1) is 10.7. The second-order valence-electron chi connectivity index (χ2n) is 3.26. The predicted molar refractivity (Wildman–Crippen MR) is 57.5 cm³/mol. The minimum Gasteiger partial charge on any atom is -0.394 e. The Kier molecular flexibility index (Phi) is 2.93. The Morgan fingerprint density at radius 2 is 2.00 bits per heavy atom. The molecular weight excluding hydrogens is 212 g/mol. The van der Waals surface area contributed by atoms with Crippen molar-refractivity contribution in [2.45, 2.75) is 0 Å². The molecule has 2 rings (SSSR count). The number of hydrogen-bond acceptors (Lipinski definition) is 6. The molecule has 88 valence electrons. The molecule has 8 heteroatoms. The number of imidazole rings is 1. The van der Waals surface area contributed by atoms with Gasteiger partial charge >= 0.3 is 0 Å². The number of nitrogens with two attached hydrogens (primary N) is 1. The van der Waals surface area contributed by atoms with Crippen molar-refractivity contribution < 1.29 is 10.2 Å². The number of hydrogen-bond donors (Lipinski definition) is 3. The van der Waals surface area contributed by atoms with Crippen LogP contribution in [0.15, 0.2) is 12.5 Å². The van der Waals surface area contributed by atoms with Crippen LogP contribution in [-0.2, 0) is 0 Å². The van der Waals surface area contributed by atoms with Crippen molar-refractivity contribution in [1.29, 1.82) is 0 Å².